The van der Waals surface area contributed by atoms with E-state index in [1.165, 1.54) is 12.0 Å². The second-order valence-electron chi connectivity index (χ2n) is 7.44. The molecular formula is C20H28ClN5O. The third kappa shape index (κ3) is 4.03. The maximum absolute atomic E-state index is 12.9. The number of aromatic nitrogens is 2. The SMILES string of the molecule is Cl.Cn1ccnc1C1CNCCN1CC(=O)NC1(c2ccccc2)CCC1. The fourth-order valence-electron chi connectivity index (χ4n) is 4.15. The Morgan fingerprint density at radius 1 is 1.33 bits per heavy atom. The number of halogens is 1. The van der Waals surface area contributed by atoms with E-state index in [2.05, 4.69) is 44.8 Å². The van der Waals surface area contributed by atoms with Crippen LogP contribution in [0.25, 0.3) is 0 Å². The Kier molecular flexibility index (Phi) is 6.19. The molecule has 7 heteroatoms. The highest BCUT2D eigenvalue weighted by molar-refractivity contribution is 5.85. The van der Waals surface area contributed by atoms with E-state index in [4.69, 9.17) is 0 Å². The van der Waals surface area contributed by atoms with Crippen LogP contribution in [0.3, 0.4) is 0 Å². The number of rotatable bonds is 5. The molecule has 2 aliphatic rings. The minimum Gasteiger partial charge on any atom is -0.345 e. The topological polar surface area (TPSA) is 62.2 Å². The minimum absolute atomic E-state index is 0. The summed E-state index contributed by atoms with van der Waals surface area (Å²) < 4.78 is 2.04. The number of piperazine rings is 1. The van der Waals surface area contributed by atoms with Crippen LogP contribution in [0.5, 0.6) is 0 Å². The third-order valence-electron chi connectivity index (χ3n) is 5.77. The van der Waals surface area contributed by atoms with E-state index in [1.54, 1.807) is 0 Å². The molecule has 1 saturated carbocycles. The molecule has 1 unspecified atom stereocenters. The lowest BCUT2D eigenvalue weighted by molar-refractivity contribution is -0.126. The summed E-state index contributed by atoms with van der Waals surface area (Å²) >= 11 is 0. The van der Waals surface area contributed by atoms with Crippen LogP contribution >= 0.6 is 12.4 Å². The number of aryl methyl sites for hydroxylation is 1. The van der Waals surface area contributed by atoms with Crippen LogP contribution in [0, 0.1) is 0 Å². The maximum Gasteiger partial charge on any atom is 0.234 e. The number of imidazole rings is 1. The zero-order chi connectivity index (χ0) is 18.0. The lowest BCUT2D eigenvalue weighted by atomic mass is 9.72. The Bertz CT molecular complexity index is 759. The molecule has 1 aromatic heterocycles. The van der Waals surface area contributed by atoms with Crippen LogP contribution < -0.4 is 10.6 Å². The van der Waals surface area contributed by atoms with Gasteiger partial charge in [0.25, 0.3) is 0 Å². The van der Waals surface area contributed by atoms with E-state index >= 15 is 0 Å². The molecular weight excluding hydrogens is 362 g/mol. The number of nitrogens with zero attached hydrogens (tertiary/aromatic N) is 3. The summed E-state index contributed by atoms with van der Waals surface area (Å²) in [6, 6.07) is 10.5. The van der Waals surface area contributed by atoms with Gasteiger partial charge in [-0.15, -0.1) is 12.4 Å². The van der Waals surface area contributed by atoms with Crippen LogP contribution in [0.1, 0.15) is 36.7 Å². The highest BCUT2D eigenvalue weighted by Crippen LogP contribution is 2.41. The van der Waals surface area contributed by atoms with Gasteiger partial charge < -0.3 is 15.2 Å². The molecule has 27 heavy (non-hydrogen) atoms. The standard InChI is InChI=1S/C20H27N5O.ClH/c1-24-12-11-22-19(24)17-14-21-10-13-25(17)15-18(26)23-20(8-5-9-20)16-6-3-2-4-7-16;/h2-4,6-7,11-12,17,21H,5,8-10,13-15H2,1H3,(H,23,26);1H. The van der Waals surface area contributed by atoms with Crippen molar-refractivity contribution < 1.29 is 4.79 Å². The molecule has 2 fully saturated rings. The number of benzene rings is 1. The average Bonchev–Trinajstić information content (AvgIpc) is 3.05. The normalized spacial score (nSPS) is 21.7. The predicted molar refractivity (Wildman–Crippen MR) is 108 cm³/mol. The van der Waals surface area contributed by atoms with Crippen molar-refractivity contribution in [2.75, 3.05) is 26.2 Å². The van der Waals surface area contributed by atoms with Gasteiger partial charge in [-0.2, -0.15) is 0 Å². The Morgan fingerprint density at radius 2 is 2.11 bits per heavy atom. The quantitative estimate of drug-likeness (QED) is 0.820. The molecule has 6 nitrogen and oxygen atoms in total. The molecule has 1 atom stereocenters. The Balaban J connectivity index is 0.00000210. The summed E-state index contributed by atoms with van der Waals surface area (Å²) in [4.78, 5) is 19.6. The lowest BCUT2D eigenvalue weighted by Crippen LogP contribution is -2.55. The summed E-state index contributed by atoms with van der Waals surface area (Å²) in [5.74, 6) is 1.11. The van der Waals surface area contributed by atoms with E-state index < -0.39 is 0 Å². The van der Waals surface area contributed by atoms with Crippen molar-refractivity contribution in [2.45, 2.75) is 30.8 Å². The lowest BCUT2D eigenvalue weighted by Gasteiger charge is -2.44. The molecule has 1 saturated heterocycles. The number of hydrogen-bond donors (Lipinski definition) is 2. The van der Waals surface area contributed by atoms with Gasteiger partial charge in [-0.1, -0.05) is 30.3 Å². The highest BCUT2D eigenvalue weighted by Gasteiger charge is 2.40. The van der Waals surface area contributed by atoms with E-state index in [0.29, 0.717) is 6.54 Å². The number of carbonyl (C=O) groups excluding carboxylic acids is 1. The van der Waals surface area contributed by atoms with Gasteiger partial charge in [0, 0.05) is 39.1 Å². The summed E-state index contributed by atoms with van der Waals surface area (Å²) in [6.45, 7) is 2.98. The summed E-state index contributed by atoms with van der Waals surface area (Å²) in [7, 11) is 2.01. The van der Waals surface area contributed by atoms with Crippen LogP contribution in [0.2, 0.25) is 0 Å². The van der Waals surface area contributed by atoms with Gasteiger partial charge in [-0.3, -0.25) is 9.69 Å². The number of nitrogens with one attached hydrogen (secondary N) is 2. The first kappa shape index (κ1) is 19.9. The van der Waals surface area contributed by atoms with Crippen molar-refractivity contribution >= 4 is 18.3 Å². The Morgan fingerprint density at radius 3 is 2.74 bits per heavy atom. The second-order valence-corrected chi connectivity index (χ2v) is 7.44. The van der Waals surface area contributed by atoms with Crippen molar-refractivity contribution in [3.05, 3.63) is 54.1 Å². The molecule has 1 aliphatic heterocycles. The largest absolute Gasteiger partial charge is 0.345 e. The van der Waals surface area contributed by atoms with Gasteiger partial charge in [-0.25, -0.2) is 4.98 Å². The van der Waals surface area contributed by atoms with Gasteiger partial charge in [0.05, 0.1) is 18.1 Å². The van der Waals surface area contributed by atoms with Crippen molar-refractivity contribution in [1.82, 2.24) is 25.1 Å². The van der Waals surface area contributed by atoms with Crippen molar-refractivity contribution in [3.8, 4) is 0 Å². The van der Waals surface area contributed by atoms with E-state index in [-0.39, 0.29) is 29.9 Å². The predicted octanol–water partition coefficient (Wildman–Crippen LogP) is 1.98. The third-order valence-corrected chi connectivity index (χ3v) is 5.77. The smallest absolute Gasteiger partial charge is 0.234 e. The highest BCUT2D eigenvalue weighted by atomic mass is 35.5. The fraction of sp³-hybridized carbons (Fsp3) is 0.500. The number of carbonyl (C=O) groups is 1. The summed E-state index contributed by atoms with van der Waals surface area (Å²) in [6.07, 6.45) is 6.99. The summed E-state index contributed by atoms with van der Waals surface area (Å²) in [5, 5.41) is 6.77. The molecule has 146 valence electrons. The maximum atomic E-state index is 12.9. The van der Waals surface area contributed by atoms with Crippen LogP contribution in [0.4, 0.5) is 0 Å². The van der Waals surface area contributed by atoms with E-state index in [1.807, 2.05) is 30.1 Å². The zero-order valence-corrected chi connectivity index (χ0v) is 16.5. The fourth-order valence-corrected chi connectivity index (χ4v) is 4.15. The number of hydrogen-bond acceptors (Lipinski definition) is 4. The second kappa shape index (κ2) is 8.42. The molecule has 1 amide bonds. The zero-order valence-electron chi connectivity index (χ0n) is 15.7. The van der Waals surface area contributed by atoms with Crippen LogP contribution in [-0.4, -0.2) is 46.5 Å². The van der Waals surface area contributed by atoms with Gasteiger partial charge in [0.15, 0.2) is 0 Å². The minimum atomic E-state index is -0.175. The van der Waals surface area contributed by atoms with Gasteiger partial charge in [0.1, 0.15) is 5.82 Å². The van der Waals surface area contributed by atoms with Gasteiger partial charge >= 0.3 is 0 Å². The first-order chi connectivity index (χ1) is 12.7. The monoisotopic (exact) mass is 389 g/mol. The molecule has 1 aromatic carbocycles. The molecule has 0 spiro atoms. The Labute approximate surface area is 166 Å². The van der Waals surface area contributed by atoms with E-state index in [9.17, 15) is 4.79 Å². The molecule has 1 aliphatic carbocycles. The molecule has 2 N–H and O–H groups in total. The van der Waals surface area contributed by atoms with Crippen molar-refractivity contribution in [3.63, 3.8) is 0 Å². The summed E-state index contributed by atoms with van der Waals surface area (Å²) in [5.41, 5.74) is 1.05. The Hall–Kier alpha value is -1.89. The van der Waals surface area contributed by atoms with Crippen molar-refractivity contribution in [2.24, 2.45) is 7.05 Å². The van der Waals surface area contributed by atoms with E-state index in [0.717, 1.165) is 38.3 Å². The van der Waals surface area contributed by atoms with Crippen LogP contribution in [0.15, 0.2) is 42.7 Å². The first-order valence-electron chi connectivity index (χ1n) is 9.46. The molecule has 0 bridgehead atoms. The molecule has 4 rings (SSSR count). The molecule has 2 aromatic rings. The molecule has 0 radical (unpaired) electrons. The van der Waals surface area contributed by atoms with Crippen molar-refractivity contribution in [1.29, 1.82) is 0 Å². The number of amides is 1. The van der Waals surface area contributed by atoms with Gasteiger partial charge in [-0.05, 0) is 24.8 Å². The first-order valence-corrected chi connectivity index (χ1v) is 9.46. The average molecular weight is 390 g/mol. The van der Waals surface area contributed by atoms with Crippen LogP contribution in [-0.2, 0) is 17.4 Å². The van der Waals surface area contributed by atoms with Gasteiger partial charge in [0.2, 0.25) is 5.91 Å². The molecule has 2 heterocycles.